The number of halogens is 3. The zero-order valence-electron chi connectivity index (χ0n) is 39.6. The van der Waals surface area contributed by atoms with Crippen LogP contribution in [0.5, 0.6) is 0 Å². The van der Waals surface area contributed by atoms with Gasteiger partial charge in [-0.15, -0.1) is 0 Å². The Morgan fingerprint density at radius 1 is 0.520 bits per heavy atom. The van der Waals surface area contributed by atoms with Crippen molar-refractivity contribution in [1.82, 2.24) is 5.32 Å². The minimum absolute atomic E-state index is 0.0534. The fourth-order valence-corrected chi connectivity index (χ4v) is 8.75. The highest BCUT2D eigenvalue weighted by Gasteiger charge is 2.58. The molecule has 11 unspecified atom stereocenters. The highest BCUT2D eigenvalue weighted by Crippen LogP contribution is 2.40. The molecule has 0 aromatic heterocycles. The standard InChI is InChI=1S/C56H48Cl3NO15/c57-56(58,59)55(65)60-42-45(43-41(33-68-52(74-43)39-29-17-6-18-30-39)69-53(42)67-31-34-19-7-1-8-20-34)75-54-47(73-51(64)38-27-15-5-16-28-38)46(72-50(63)37-25-13-4-14-26-37)44(71-49(62)36-23-11-3-12-24-36)40(70-54)32-66-48(61)35-21-9-2-10-22-35/h1-30,40-47,52-54H,31-33H2,(H,60,65). The number of carbonyl (C=O) groups is 5. The summed E-state index contributed by atoms with van der Waals surface area (Å²) >= 11 is 18.7. The zero-order chi connectivity index (χ0) is 52.3. The molecule has 3 saturated heterocycles. The van der Waals surface area contributed by atoms with Gasteiger partial charge in [0.1, 0.15) is 37.1 Å². The van der Waals surface area contributed by atoms with Crippen molar-refractivity contribution >= 4 is 64.6 Å². The Labute approximate surface area is 445 Å². The van der Waals surface area contributed by atoms with Gasteiger partial charge in [-0.05, 0) is 54.1 Å². The third-order valence-corrected chi connectivity index (χ3v) is 12.8. The summed E-state index contributed by atoms with van der Waals surface area (Å²) < 4.78 is 61.9. The van der Waals surface area contributed by atoms with Crippen molar-refractivity contribution in [1.29, 1.82) is 0 Å². The van der Waals surface area contributed by atoms with E-state index in [-0.39, 0.29) is 35.5 Å². The fourth-order valence-electron chi connectivity index (χ4n) is 8.59. The van der Waals surface area contributed by atoms with Crippen molar-refractivity contribution in [3.05, 3.63) is 215 Å². The molecule has 19 heteroatoms. The third kappa shape index (κ3) is 13.4. The first-order valence-electron chi connectivity index (χ1n) is 23.7. The number of hydrogen-bond donors (Lipinski definition) is 1. The number of esters is 4. The molecule has 3 aliphatic rings. The van der Waals surface area contributed by atoms with Gasteiger partial charge in [0.2, 0.25) is 0 Å². The van der Waals surface area contributed by atoms with Gasteiger partial charge in [0.25, 0.3) is 9.70 Å². The average molecular weight is 1080 g/mol. The van der Waals surface area contributed by atoms with Crippen LogP contribution in [0.4, 0.5) is 0 Å². The summed E-state index contributed by atoms with van der Waals surface area (Å²) in [7, 11) is 0. The molecule has 388 valence electrons. The Hall–Kier alpha value is -6.70. The molecular weight excluding hydrogens is 1030 g/mol. The number of amides is 1. The number of rotatable bonds is 16. The van der Waals surface area contributed by atoms with Crippen LogP contribution in [0.2, 0.25) is 0 Å². The molecule has 0 aliphatic carbocycles. The Morgan fingerprint density at radius 2 is 0.987 bits per heavy atom. The Kier molecular flexibility index (Phi) is 17.5. The number of fused-ring (bicyclic) bond motifs is 1. The van der Waals surface area contributed by atoms with Gasteiger partial charge in [-0.3, -0.25) is 4.79 Å². The quantitative estimate of drug-likeness (QED) is 0.0551. The lowest BCUT2D eigenvalue weighted by Gasteiger charge is -2.51. The van der Waals surface area contributed by atoms with E-state index in [9.17, 15) is 24.0 Å². The van der Waals surface area contributed by atoms with E-state index in [0.29, 0.717) is 5.56 Å². The van der Waals surface area contributed by atoms with E-state index in [1.807, 2.05) is 36.4 Å². The van der Waals surface area contributed by atoms with E-state index in [0.717, 1.165) is 5.56 Å². The van der Waals surface area contributed by atoms with Crippen LogP contribution < -0.4 is 5.32 Å². The summed E-state index contributed by atoms with van der Waals surface area (Å²) in [5.41, 5.74) is 1.73. The van der Waals surface area contributed by atoms with Crippen LogP contribution in [0.25, 0.3) is 0 Å². The van der Waals surface area contributed by atoms with Crippen LogP contribution in [-0.4, -0.2) is 108 Å². The number of alkyl halides is 3. The maximum atomic E-state index is 14.4. The van der Waals surface area contributed by atoms with Crippen molar-refractivity contribution in [2.75, 3.05) is 13.2 Å². The van der Waals surface area contributed by atoms with Gasteiger partial charge < -0.3 is 52.7 Å². The predicted octanol–water partition coefficient (Wildman–Crippen LogP) is 8.54. The summed E-state index contributed by atoms with van der Waals surface area (Å²) in [6.07, 6.45) is -14.9. The van der Waals surface area contributed by atoms with E-state index in [4.69, 9.17) is 82.2 Å². The zero-order valence-corrected chi connectivity index (χ0v) is 41.8. The fraction of sp³-hybridized carbons (Fsp3) is 0.268. The Morgan fingerprint density at radius 3 is 1.51 bits per heavy atom. The molecule has 3 aliphatic heterocycles. The molecule has 0 spiro atoms. The van der Waals surface area contributed by atoms with Gasteiger partial charge in [0, 0.05) is 5.56 Å². The van der Waals surface area contributed by atoms with Crippen molar-refractivity contribution < 1.29 is 71.3 Å². The van der Waals surface area contributed by atoms with Gasteiger partial charge in [-0.1, -0.05) is 168 Å². The van der Waals surface area contributed by atoms with E-state index >= 15 is 0 Å². The summed E-state index contributed by atoms with van der Waals surface area (Å²) in [4.78, 5) is 70.6. The molecule has 0 saturated carbocycles. The Balaban J connectivity index is 1.18. The summed E-state index contributed by atoms with van der Waals surface area (Å²) in [6.45, 7) is -0.816. The largest absolute Gasteiger partial charge is 0.459 e. The van der Waals surface area contributed by atoms with Gasteiger partial charge in [-0.2, -0.15) is 0 Å². The van der Waals surface area contributed by atoms with Crippen LogP contribution >= 0.6 is 34.8 Å². The van der Waals surface area contributed by atoms with Crippen LogP contribution in [-0.2, 0) is 58.8 Å². The van der Waals surface area contributed by atoms with E-state index in [1.165, 1.54) is 48.5 Å². The molecule has 6 aromatic rings. The molecule has 3 fully saturated rings. The van der Waals surface area contributed by atoms with Crippen molar-refractivity contribution in [3.8, 4) is 0 Å². The second kappa shape index (κ2) is 24.8. The molecule has 1 N–H and O–H groups in total. The SMILES string of the molecule is O=C(OCC1OC(OC2C(NC(=O)C(Cl)(Cl)Cl)C(OCc3ccccc3)OC3COC(c4ccccc4)OC32)C(OC(=O)c2ccccc2)C(OC(=O)c2ccccc2)C1OC(=O)c1ccccc1)c1ccccc1. The smallest absolute Gasteiger partial charge is 0.338 e. The maximum Gasteiger partial charge on any atom is 0.338 e. The van der Waals surface area contributed by atoms with E-state index in [2.05, 4.69) is 5.32 Å². The molecule has 16 nitrogen and oxygen atoms in total. The number of ether oxygens (including phenoxy) is 10. The second-order valence-electron chi connectivity index (χ2n) is 17.3. The third-order valence-electron chi connectivity index (χ3n) is 12.3. The molecular formula is C56H48Cl3NO15. The Bertz CT molecular complexity index is 2850. The molecule has 1 amide bonds. The number of nitrogens with one attached hydrogen (secondary N) is 1. The molecule has 3 heterocycles. The topological polar surface area (TPSA) is 190 Å². The molecule has 0 bridgehead atoms. The lowest BCUT2D eigenvalue weighted by Crippen LogP contribution is -2.70. The lowest BCUT2D eigenvalue weighted by atomic mass is 9.94. The van der Waals surface area contributed by atoms with Crippen molar-refractivity contribution in [2.45, 2.75) is 78.0 Å². The molecule has 75 heavy (non-hydrogen) atoms. The molecule has 9 rings (SSSR count). The lowest BCUT2D eigenvalue weighted by molar-refractivity contribution is -0.378. The normalized spacial score (nSPS) is 25.3. The number of carbonyl (C=O) groups excluding carboxylic acids is 5. The van der Waals surface area contributed by atoms with Gasteiger partial charge in [-0.25, -0.2) is 19.2 Å². The van der Waals surface area contributed by atoms with Crippen LogP contribution in [0, 0.1) is 0 Å². The van der Waals surface area contributed by atoms with Crippen LogP contribution in [0.3, 0.4) is 0 Å². The van der Waals surface area contributed by atoms with Crippen LogP contribution in [0.15, 0.2) is 182 Å². The maximum absolute atomic E-state index is 14.4. The first kappa shape index (κ1) is 53.1. The minimum atomic E-state index is -2.54. The van der Waals surface area contributed by atoms with Gasteiger partial charge in [0.15, 0.2) is 37.2 Å². The van der Waals surface area contributed by atoms with Crippen molar-refractivity contribution in [3.63, 3.8) is 0 Å². The predicted molar refractivity (Wildman–Crippen MR) is 269 cm³/mol. The summed E-state index contributed by atoms with van der Waals surface area (Å²) in [5.74, 6) is -4.68. The number of hydrogen-bond acceptors (Lipinski definition) is 15. The summed E-state index contributed by atoms with van der Waals surface area (Å²) in [6, 6.07) is 48.4. The highest BCUT2D eigenvalue weighted by atomic mass is 35.6. The summed E-state index contributed by atoms with van der Waals surface area (Å²) in [5, 5.41) is 2.72. The highest BCUT2D eigenvalue weighted by molar-refractivity contribution is 6.76. The molecule has 11 atom stereocenters. The van der Waals surface area contributed by atoms with E-state index in [1.54, 1.807) is 97.1 Å². The molecule has 6 aromatic carbocycles. The second-order valence-corrected chi connectivity index (χ2v) is 19.6. The average Bonchev–Trinajstić information content (AvgIpc) is 3.46. The monoisotopic (exact) mass is 1080 g/mol. The first-order valence-corrected chi connectivity index (χ1v) is 24.8. The van der Waals surface area contributed by atoms with Crippen LogP contribution in [0.1, 0.15) is 58.8 Å². The van der Waals surface area contributed by atoms with Gasteiger partial charge in [0.05, 0.1) is 35.5 Å². The van der Waals surface area contributed by atoms with E-state index < -0.39 is 108 Å². The van der Waals surface area contributed by atoms with Gasteiger partial charge >= 0.3 is 23.9 Å². The number of benzene rings is 6. The minimum Gasteiger partial charge on any atom is -0.459 e. The molecule has 0 radical (unpaired) electrons. The van der Waals surface area contributed by atoms with Crippen molar-refractivity contribution in [2.24, 2.45) is 0 Å². The first-order chi connectivity index (χ1) is 36.4.